The third kappa shape index (κ3) is 4.93. The number of nitrogens with two attached hydrogens (primary N) is 1. The molecule has 0 saturated heterocycles. The topological polar surface area (TPSA) is 76.4 Å². The maximum absolute atomic E-state index is 5.85. The van der Waals surface area contributed by atoms with Crippen LogP contribution in [0.3, 0.4) is 0 Å². The van der Waals surface area contributed by atoms with Gasteiger partial charge in [-0.15, -0.1) is 0 Å². The third-order valence-corrected chi connectivity index (χ3v) is 3.04. The van der Waals surface area contributed by atoms with Crippen LogP contribution in [0.2, 0.25) is 0 Å². The molecule has 0 aliphatic carbocycles. The summed E-state index contributed by atoms with van der Waals surface area (Å²) in [5, 5.41) is 7.19. The second-order valence-corrected chi connectivity index (χ2v) is 5.05. The first-order chi connectivity index (χ1) is 9.08. The van der Waals surface area contributed by atoms with Crippen molar-refractivity contribution in [2.45, 2.75) is 53.5 Å². The van der Waals surface area contributed by atoms with Crippen LogP contribution in [0.4, 0.5) is 0 Å². The smallest absolute Gasteiger partial charge is 0.188 e. The van der Waals surface area contributed by atoms with Gasteiger partial charge in [0.25, 0.3) is 0 Å². The van der Waals surface area contributed by atoms with Crippen molar-refractivity contribution in [3.8, 4) is 0 Å². The lowest BCUT2D eigenvalue weighted by atomic mass is 10.1. The Hall–Kier alpha value is -1.52. The number of hydrogen-bond acceptors (Lipinski definition) is 3. The van der Waals surface area contributed by atoms with E-state index < -0.39 is 0 Å². The van der Waals surface area contributed by atoms with E-state index in [1.54, 1.807) is 0 Å². The van der Waals surface area contributed by atoms with Crippen LogP contribution in [0.1, 0.15) is 51.1 Å². The molecule has 108 valence electrons. The highest BCUT2D eigenvalue weighted by molar-refractivity contribution is 5.77. The molecular weight excluding hydrogens is 240 g/mol. The van der Waals surface area contributed by atoms with E-state index >= 15 is 0 Å². The minimum Gasteiger partial charge on any atom is -0.370 e. The average molecular weight is 266 g/mol. The van der Waals surface area contributed by atoms with Gasteiger partial charge in [0.15, 0.2) is 5.96 Å². The summed E-state index contributed by atoms with van der Waals surface area (Å²) in [7, 11) is 0. The second kappa shape index (κ2) is 7.81. The molecule has 1 rings (SSSR count). The molecule has 0 amide bonds. The number of nitrogens with one attached hydrogen (secondary N) is 1. The summed E-state index contributed by atoms with van der Waals surface area (Å²) in [6.45, 7) is 9.89. The summed E-state index contributed by atoms with van der Waals surface area (Å²) >= 11 is 0. The van der Waals surface area contributed by atoms with Crippen molar-refractivity contribution in [3.05, 3.63) is 17.0 Å². The van der Waals surface area contributed by atoms with E-state index in [-0.39, 0.29) is 0 Å². The maximum Gasteiger partial charge on any atom is 0.188 e. The van der Waals surface area contributed by atoms with Gasteiger partial charge in [0.05, 0.1) is 12.2 Å². The van der Waals surface area contributed by atoms with Crippen molar-refractivity contribution < 1.29 is 4.52 Å². The maximum atomic E-state index is 5.85. The Morgan fingerprint density at radius 3 is 2.68 bits per heavy atom. The summed E-state index contributed by atoms with van der Waals surface area (Å²) in [5.74, 6) is 2.07. The molecule has 3 N–H and O–H groups in total. The number of aromatic nitrogens is 1. The lowest BCUT2D eigenvalue weighted by Crippen LogP contribution is -2.32. The number of rotatable bonds is 7. The van der Waals surface area contributed by atoms with Crippen LogP contribution >= 0.6 is 0 Å². The van der Waals surface area contributed by atoms with E-state index in [0.717, 1.165) is 42.8 Å². The second-order valence-electron chi connectivity index (χ2n) is 5.05. The standard InChI is InChI=1S/C14H26N4O/c1-5-12-11(13(6-2)19-18-12)9-17-14(15)16-8-7-10(3)4/h10H,5-9H2,1-4H3,(H3,15,16,17). The molecule has 0 spiro atoms. The summed E-state index contributed by atoms with van der Waals surface area (Å²) in [6, 6.07) is 0. The fourth-order valence-electron chi connectivity index (χ4n) is 1.83. The molecule has 1 aromatic rings. The average Bonchev–Trinajstić information content (AvgIpc) is 2.77. The first kappa shape index (κ1) is 15.5. The van der Waals surface area contributed by atoms with E-state index in [9.17, 15) is 0 Å². The van der Waals surface area contributed by atoms with Crippen LogP contribution < -0.4 is 11.1 Å². The lowest BCUT2D eigenvalue weighted by molar-refractivity contribution is 0.380. The zero-order chi connectivity index (χ0) is 14.3. The van der Waals surface area contributed by atoms with Crippen LogP contribution in [-0.2, 0) is 19.4 Å². The molecule has 5 heteroatoms. The fraction of sp³-hybridized carbons (Fsp3) is 0.714. The minimum atomic E-state index is 0.492. The first-order valence-electron chi connectivity index (χ1n) is 7.08. The fourth-order valence-corrected chi connectivity index (χ4v) is 1.83. The SMILES string of the molecule is CCc1noc(CC)c1CN=C(N)NCCC(C)C. The largest absolute Gasteiger partial charge is 0.370 e. The number of hydrogen-bond donors (Lipinski definition) is 2. The van der Waals surface area contributed by atoms with Crippen LogP contribution in [0.5, 0.6) is 0 Å². The van der Waals surface area contributed by atoms with Crippen molar-refractivity contribution in [2.24, 2.45) is 16.6 Å². The van der Waals surface area contributed by atoms with Crippen LogP contribution in [-0.4, -0.2) is 17.7 Å². The number of nitrogens with zero attached hydrogens (tertiary/aromatic N) is 2. The first-order valence-corrected chi connectivity index (χ1v) is 7.08. The number of guanidine groups is 1. The zero-order valence-corrected chi connectivity index (χ0v) is 12.5. The Morgan fingerprint density at radius 2 is 2.11 bits per heavy atom. The third-order valence-electron chi connectivity index (χ3n) is 3.04. The zero-order valence-electron chi connectivity index (χ0n) is 12.5. The monoisotopic (exact) mass is 266 g/mol. The highest BCUT2D eigenvalue weighted by Crippen LogP contribution is 2.16. The molecule has 0 aliphatic rings. The van der Waals surface area contributed by atoms with Crippen molar-refractivity contribution in [1.29, 1.82) is 0 Å². The molecule has 0 bridgehead atoms. The predicted octanol–water partition coefficient (Wildman–Crippen LogP) is 2.25. The van der Waals surface area contributed by atoms with Gasteiger partial charge in [-0.3, -0.25) is 0 Å². The molecule has 0 atom stereocenters. The number of aryl methyl sites for hydroxylation is 2. The Morgan fingerprint density at radius 1 is 1.37 bits per heavy atom. The van der Waals surface area contributed by atoms with E-state index in [1.165, 1.54) is 0 Å². The van der Waals surface area contributed by atoms with Crippen molar-refractivity contribution in [1.82, 2.24) is 10.5 Å². The lowest BCUT2D eigenvalue weighted by Gasteiger charge is -2.07. The van der Waals surface area contributed by atoms with Crippen molar-refractivity contribution >= 4 is 5.96 Å². The van der Waals surface area contributed by atoms with Gasteiger partial charge in [-0.25, -0.2) is 4.99 Å². The Labute approximate surface area is 115 Å². The molecule has 0 radical (unpaired) electrons. The van der Waals surface area contributed by atoms with Gasteiger partial charge >= 0.3 is 0 Å². The van der Waals surface area contributed by atoms with Gasteiger partial charge in [-0.1, -0.05) is 32.9 Å². The van der Waals surface area contributed by atoms with E-state index in [1.807, 2.05) is 0 Å². The van der Waals surface area contributed by atoms with Crippen LogP contribution in [0, 0.1) is 5.92 Å². The van der Waals surface area contributed by atoms with Gasteiger partial charge in [0.2, 0.25) is 0 Å². The van der Waals surface area contributed by atoms with Crippen molar-refractivity contribution in [3.63, 3.8) is 0 Å². The van der Waals surface area contributed by atoms with E-state index in [0.29, 0.717) is 18.4 Å². The Bertz CT molecular complexity index is 388. The van der Waals surface area contributed by atoms with Gasteiger partial charge in [0.1, 0.15) is 5.76 Å². The highest BCUT2D eigenvalue weighted by Gasteiger charge is 2.12. The van der Waals surface area contributed by atoms with Crippen molar-refractivity contribution in [2.75, 3.05) is 6.54 Å². The predicted molar refractivity (Wildman–Crippen MR) is 78.0 cm³/mol. The van der Waals surface area contributed by atoms with E-state index in [4.69, 9.17) is 10.3 Å². The highest BCUT2D eigenvalue weighted by atomic mass is 16.5. The van der Waals surface area contributed by atoms with Gasteiger partial charge in [0, 0.05) is 18.5 Å². The molecular formula is C14H26N4O. The van der Waals surface area contributed by atoms with Gasteiger partial charge in [-0.2, -0.15) is 0 Å². The molecule has 0 saturated carbocycles. The van der Waals surface area contributed by atoms with Crippen LogP contribution in [0.15, 0.2) is 9.52 Å². The molecule has 1 heterocycles. The van der Waals surface area contributed by atoms with Gasteiger partial charge < -0.3 is 15.6 Å². The Balaban J connectivity index is 2.56. The summed E-state index contributed by atoms with van der Waals surface area (Å²) in [6.07, 6.45) is 2.78. The quantitative estimate of drug-likeness (QED) is 0.586. The summed E-state index contributed by atoms with van der Waals surface area (Å²) < 4.78 is 5.30. The summed E-state index contributed by atoms with van der Waals surface area (Å²) in [4.78, 5) is 4.36. The summed E-state index contributed by atoms with van der Waals surface area (Å²) in [5.41, 5.74) is 7.91. The molecule has 1 aromatic heterocycles. The molecule has 0 aliphatic heterocycles. The molecule has 0 aromatic carbocycles. The molecule has 0 fully saturated rings. The normalized spacial score (nSPS) is 12.2. The molecule has 5 nitrogen and oxygen atoms in total. The molecule has 0 unspecified atom stereocenters. The van der Waals surface area contributed by atoms with E-state index in [2.05, 4.69) is 43.2 Å². The molecule has 19 heavy (non-hydrogen) atoms. The Kier molecular flexibility index (Phi) is 6.39. The van der Waals surface area contributed by atoms with Crippen LogP contribution in [0.25, 0.3) is 0 Å². The van der Waals surface area contributed by atoms with Gasteiger partial charge in [-0.05, 0) is 18.8 Å². The minimum absolute atomic E-state index is 0.492. The number of aliphatic imine (C=N–C) groups is 1.